The number of carboxylic acid groups (broad SMARTS) is 1. The zero-order valence-electron chi connectivity index (χ0n) is 10.1. The average molecular weight is 326 g/mol. The molecule has 100 valence electrons. The van der Waals surface area contributed by atoms with Crippen molar-refractivity contribution in [2.24, 2.45) is 0 Å². The average Bonchev–Trinajstić information content (AvgIpc) is 2.35. The Morgan fingerprint density at radius 3 is 2.74 bits per heavy atom. The van der Waals surface area contributed by atoms with E-state index < -0.39 is 18.0 Å². The number of amides is 2. The van der Waals surface area contributed by atoms with Crippen LogP contribution in [0.5, 0.6) is 0 Å². The van der Waals surface area contributed by atoms with Crippen LogP contribution < -0.4 is 10.6 Å². The van der Waals surface area contributed by atoms with Crippen LogP contribution in [0.3, 0.4) is 0 Å². The summed E-state index contributed by atoms with van der Waals surface area (Å²) in [5.74, 6) is -1.10. The highest BCUT2D eigenvalue weighted by Crippen LogP contribution is 2.20. The van der Waals surface area contributed by atoms with Gasteiger partial charge in [-0.15, -0.1) is 0 Å². The summed E-state index contributed by atoms with van der Waals surface area (Å²) in [6.07, 6.45) is 0.270. The third-order valence-corrected chi connectivity index (χ3v) is 2.86. The summed E-state index contributed by atoms with van der Waals surface area (Å²) in [5.41, 5.74) is 0.608. The van der Waals surface area contributed by atoms with Crippen molar-refractivity contribution < 1.29 is 14.7 Å². The monoisotopic (exact) mass is 325 g/mol. The molecule has 1 atom stereocenters. The lowest BCUT2D eigenvalue weighted by atomic mass is 10.2. The quantitative estimate of drug-likeness (QED) is 0.790. The summed E-state index contributed by atoms with van der Waals surface area (Å²) in [5, 5.41) is 22.5. The fourth-order valence-electron chi connectivity index (χ4n) is 1.37. The molecule has 0 spiro atoms. The molecule has 6 nitrogen and oxygen atoms in total. The second-order valence-electron chi connectivity index (χ2n) is 3.70. The molecule has 0 unspecified atom stereocenters. The van der Waals surface area contributed by atoms with E-state index in [0.29, 0.717) is 15.7 Å². The normalized spacial score (nSPS) is 11.2. The van der Waals surface area contributed by atoms with Crippen LogP contribution in [0.1, 0.15) is 18.9 Å². The molecule has 0 radical (unpaired) electrons. The standard InChI is InChI=1S/C12H12BrN3O3/c1-2-9(11(17)18)15-12(19)16-10-5-8(13)4-3-7(10)6-14/h3-5,9H,2H2,1H3,(H,17,18)(H2,15,16,19)/t9-/m0/s1. The summed E-state index contributed by atoms with van der Waals surface area (Å²) in [6, 6.07) is 5.11. The highest BCUT2D eigenvalue weighted by molar-refractivity contribution is 9.10. The Morgan fingerprint density at radius 2 is 2.21 bits per heavy atom. The van der Waals surface area contributed by atoms with Crippen molar-refractivity contribution in [3.63, 3.8) is 0 Å². The molecule has 0 saturated heterocycles. The van der Waals surface area contributed by atoms with Gasteiger partial charge in [-0.05, 0) is 24.6 Å². The molecule has 0 heterocycles. The van der Waals surface area contributed by atoms with E-state index in [1.165, 1.54) is 0 Å². The minimum absolute atomic E-state index is 0.270. The summed E-state index contributed by atoms with van der Waals surface area (Å²) in [6.45, 7) is 1.65. The van der Waals surface area contributed by atoms with Crippen molar-refractivity contribution in [3.8, 4) is 6.07 Å². The Kier molecular flexibility index (Phi) is 5.33. The fraction of sp³-hybridized carbons (Fsp3) is 0.250. The highest BCUT2D eigenvalue weighted by Gasteiger charge is 2.18. The number of nitrogens with zero attached hydrogens (tertiary/aromatic N) is 1. The Hall–Kier alpha value is -2.07. The van der Waals surface area contributed by atoms with Gasteiger partial charge in [0.15, 0.2) is 0 Å². The maximum absolute atomic E-state index is 11.7. The summed E-state index contributed by atoms with van der Waals surface area (Å²) < 4.78 is 0.701. The van der Waals surface area contributed by atoms with Crippen molar-refractivity contribution in [1.29, 1.82) is 5.26 Å². The maximum Gasteiger partial charge on any atom is 0.326 e. The molecule has 1 aromatic rings. The van der Waals surface area contributed by atoms with Crippen molar-refractivity contribution in [2.45, 2.75) is 19.4 Å². The predicted octanol–water partition coefficient (Wildman–Crippen LogP) is 2.31. The van der Waals surface area contributed by atoms with Gasteiger partial charge in [-0.25, -0.2) is 9.59 Å². The molecule has 2 amide bonds. The number of nitrogens with one attached hydrogen (secondary N) is 2. The number of hydrogen-bond donors (Lipinski definition) is 3. The van der Waals surface area contributed by atoms with Gasteiger partial charge in [0, 0.05) is 4.47 Å². The van der Waals surface area contributed by atoms with E-state index in [-0.39, 0.29) is 6.42 Å². The van der Waals surface area contributed by atoms with E-state index in [1.807, 2.05) is 6.07 Å². The number of carbonyl (C=O) groups excluding carboxylic acids is 1. The zero-order valence-corrected chi connectivity index (χ0v) is 11.7. The molecular formula is C12H12BrN3O3. The molecule has 3 N–H and O–H groups in total. The van der Waals surface area contributed by atoms with Crippen LogP contribution in [0, 0.1) is 11.3 Å². The smallest absolute Gasteiger partial charge is 0.326 e. The molecule has 7 heteroatoms. The number of rotatable bonds is 4. The Labute approximate surface area is 118 Å². The minimum atomic E-state index is -1.10. The number of nitriles is 1. The number of carbonyl (C=O) groups is 2. The summed E-state index contributed by atoms with van der Waals surface area (Å²) >= 11 is 3.23. The number of benzene rings is 1. The van der Waals surface area contributed by atoms with E-state index in [4.69, 9.17) is 10.4 Å². The van der Waals surface area contributed by atoms with Gasteiger partial charge < -0.3 is 15.7 Å². The number of carboxylic acids is 1. The lowest BCUT2D eigenvalue weighted by molar-refractivity contribution is -0.139. The number of urea groups is 1. The second kappa shape index (κ2) is 6.75. The first-order valence-corrected chi connectivity index (χ1v) is 6.27. The van der Waals surface area contributed by atoms with E-state index in [1.54, 1.807) is 25.1 Å². The van der Waals surface area contributed by atoms with Crippen LogP contribution in [-0.2, 0) is 4.79 Å². The molecule has 1 aromatic carbocycles. The van der Waals surface area contributed by atoms with Gasteiger partial charge in [0.25, 0.3) is 0 Å². The van der Waals surface area contributed by atoms with Crippen LogP contribution >= 0.6 is 15.9 Å². The molecule has 0 aromatic heterocycles. The topological polar surface area (TPSA) is 102 Å². The first kappa shape index (κ1) is 15.0. The maximum atomic E-state index is 11.7. The molecule has 0 aliphatic carbocycles. The van der Waals surface area contributed by atoms with E-state index in [2.05, 4.69) is 26.6 Å². The van der Waals surface area contributed by atoms with E-state index >= 15 is 0 Å². The van der Waals surface area contributed by atoms with Crippen molar-refractivity contribution >= 4 is 33.6 Å². The van der Waals surface area contributed by atoms with Crippen molar-refractivity contribution in [3.05, 3.63) is 28.2 Å². The predicted molar refractivity (Wildman–Crippen MR) is 72.7 cm³/mol. The molecule has 19 heavy (non-hydrogen) atoms. The van der Waals surface area contributed by atoms with Crippen LogP contribution in [0.25, 0.3) is 0 Å². The minimum Gasteiger partial charge on any atom is -0.480 e. The Bertz CT molecular complexity index is 540. The van der Waals surface area contributed by atoms with Gasteiger partial charge in [-0.1, -0.05) is 22.9 Å². The van der Waals surface area contributed by atoms with Crippen molar-refractivity contribution in [1.82, 2.24) is 5.32 Å². The second-order valence-corrected chi connectivity index (χ2v) is 4.61. The Balaban J connectivity index is 2.80. The Morgan fingerprint density at radius 1 is 1.53 bits per heavy atom. The molecular weight excluding hydrogens is 314 g/mol. The van der Waals surface area contributed by atoms with E-state index in [0.717, 1.165) is 0 Å². The van der Waals surface area contributed by atoms with Gasteiger partial charge in [0.2, 0.25) is 0 Å². The van der Waals surface area contributed by atoms with Gasteiger partial charge >= 0.3 is 12.0 Å². The van der Waals surface area contributed by atoms with E-state index in [9.17, 15) is 9.59 Å². The first-order chi connectivity index (χ1) is 8.97. The lowest BCUT2D eigenvalue weighted by Crippen LogP contribution is -2.42. The number of aliphatic carboxylic acids is 1. The fourth-order valence-corrected chi connectivity index (χ4v) is 1.73. The number of hydrogen-bond acceptors (Lipinski definition) is 3. The SMILES string of the molecule is CC[C@H](NC(=O)Nc1cc(Br)ccc1C#N)C(=O)O. The van der Waals surface area contributed by atoms with Gasteiger partial charge in [-0.3, -0.25) is 0 Å². The first-order valence-electron chi connectivity index (χ1n) is 5.48. The summed E-state index contributed by atoms with van der Waals surface area (Å²) in [4.78, 5) is 22.4. The van der Waals surface area contributed by atoms with Crippen LogP contribution in [0.15, 0.2) is 22.7 Å². The van der Waals surface area contributed by atoms with Gasteiger partial charge in [-0.2, -0.15) is 5.26 Å². The van der Waals surface area contributed by atoms with Gasteiger partial charge in [0.05, 0.1) is 11.3 Å². The summed E-state index contributed by atoms with van der Waals surface area (Å²) in [7, 11) is 0. The number of anilines is 1. The third kappa shape index (κ3) is 4.26. The van der Waals surface area contributed by atoms with Crippen LogP contribution in [0.2, 0.25) is 0 Å². The molecule has 0 fully saturated rings. The zero-order chi connectivity index (χ0) is 14.4. The largest absolute Gasteiger partial charge is 0.480 e. The number of halogens is 1. The highest BCUT2D eigenvalue weighted by atomic mass is 79.9. The molecule has 0 saturated carbocycles. The molecule has 0 aliphatic rings. The third-order valence-electron chi connectivity index (χ3n) is 2.36. The molecule has 1 rings (SSSR count). The lowest BCUT2D eigenvalue weighted by Gasteiger charge is -2.13. The van der Waals surface area contributed by atoms with Crippen LogP contribution in [0.4, 0.5) is 10.5 Å². The molecule has 0 bridgehead atoms. The van der Waals surface area contributed by atoms with Gasteiger partial charge in [0.1, 0.15) is 12.1 Å². The molecule has 0 aliphatic heterocycles. The van der Waals surface area contributed by atoms with Crippen molar-refractivity contribution in [2.75, 3.05) is 5.32 Å². The van der Waals surface area contributed by atoms with Crippen LogP contribution in [-0.4, -0.2) is 23.1 Å².